The van der Waals surface area contributed by atoms with E-state index in [1.54, 1.807) is 0 Å². The predicted octanol–water partition coefficient (Wildman–Crippen LogP) is 2.78. The maximum absolute atomic E-state index is 11.5. The lowest BCUT2D eigenvalue weighted by Crippen LogP contribution is -2.10. The van der Waals surface area contributed by atoms with Crippen LogP contribution in [0.15, 0.2) is 24.4 Å². The zero-order chi connectivity index (χ0) is 13.8. The van der Waals surface area contributed by atoms with Crippen molar-refractivity contribution in [2.24, 2.45) is 0 Å². The van der Waals surface area contributed by atoms with Crippen LogP contribution in [0.1, 0.15) is 15.2 Å². The molecular formula is C12H12ClN3O2S. The highest BCUT2D eigenvalue weighted by atomic mass is 35.5. The number of nitrogens with one attached hydrogen (secondary N) is 1. The molecule has 2 rings (SSSR count). The van der Waals surface area contributed by atoms with Crippen molar-refractivity contribution >= 4 is 40.4 Å². The van der Waals surface area contributed by atoms with E-state index in [0.717, 1.165) is 9.21 Å². The first kappa shape index (κ1) is 13.6. The number of nitrogens with two attached hydrogens (primary N) is 1. The molecular weight excluding hydrogens is 286 g/mol. The summed E-state index contributed by atoms with van der Waals surface area (Å²) in [7, 11) is 1.31. The summed E-state index contributed by atoms with van der Waals surface area (Å²) in [5, 5.41) is 3.07. The Labute approximate surface area is 119 Å². The maximum Gasteiger partial charge on any atom is 0.340 e. The molecule has 100 valence electrons. The minimum absolute atomic E-state index is 0.275. The lowest BCUT2D eigenvalue weighted by atomic mass is 10.2. The Balaban J connectivity index is 2.14. The molecule has 0 fully saturated rings. The number of carbonyl (C=O) groups is 1. The second kappa shape index (κ2) is 5.90. The van der Waals surface area contributed by atoms with Gasteiger partial charge in [-0.2, -0.15) is 0 Å². The summed E-state index contributed by atoms with van der Waals surface area (Å²) < 4.78 is 5.37. The number of thiophene rings is 1. The molecule has 0 atom stereocenters. The Hall–Kier alpha value is -1.79. The average Bonchev–Trinajstić information content (AvgIpc) is 2.82. The minimum atomic E-state index is -0.484. The van der Waals surface area contributed by atoms with Gasteiger partial charge in [0.1, 0.15) is 5.82 Å². The van der Waals surface area contributed by atoms with Crippen LogP contribution in [-0.2, 0) is 11.3 Å². The zero-order valence-corrected chi connectivity index (χ0v) is 11.7. The molecule has 0 aromatic carbocycles. The van der Waals surface area contributed by atoms with Crippen molar-refractivity contribution in [3.05, 3.63) is 39.2 Å². The number of aromatic nitrogens is 1. The second-order valence-electron chi connectivity index (χ2n) is 3.67. The van der Waals surface area contributed by atoms with Crippen LogP contribution in [0.2, 0.25) is 4.34 Å². The Morgan fingerprint density at radius 2 is 2.32 bits per heavy atom. The van der Waals surface area contributed by atoms with Crippen LogP contribution in [-0.4, -0.2) is 18.1 Å². The quantitative estimate of drug-likeness (QED) is 0.849. The second-order valence-corrected chi connectivity index (χ2v) is 5.47. The largest absolute Gasteiger partial charge is 0.465 e. The third kappa shape index (κ3) is 3.15. The summed E-state index contributed by atoms with van der Waals surface area (Å²) in [4.78, 5) is 16.6. The van der Waals surface area contributed by atoms with E-state index in [1.807, 2.05) is 12.1 Å². The van der Waals surface area contributed by atoms with E-state index < -0.39 is 5.97 Å². The Morgan fingerprint density at radius 3 is 2.95 bits per heavy atom. The normalized spacial score (nSPS) is 10.2. The van der Waals surface area contributed by atoms with Crippen LogP contribution in [0.3, 0.4) is 0 Å². The van der Waals surface area contributed by atoms with Crippen LogP contribution in [0.4, 0.5) is 11.5 Å². The molecule has 5 nitrogen and oxygen atoms in total. The van der Waals surface area contributed by atoms with Gasteiger partial charge in [-0.1, -0.05) is 11.6 Å². The first-order valence-electron chi connectivity index (χ1n) is 5.42. The molecule has 0 radical (unpaired) electrons. The van der Waals surface area contributed by atoms with E-state index in [2.05, 4.69) is 15.0 Å². The fraction of sp³-hybridized carbons (Fsp3) is 0.167. The molecule has 0 saturated carbocycles. The first-order chi connectivity index (χ1) is 9.11. The highest BCUT2D eigenvalue weighted by molar-refractivity contribution is 7.16. The van der Waals surface area contributed by atoms with Gasteiger partial charge in [0.15, 0.2) is 0 Å². The fourth-order valence-electron chi connectivity index (χ4n) is 1.52. The summed E-state index contributed by atoms with van der Waals surface area (Å²) >= 11 is 7.32. The number of rotatable bonds is 4. The van der Waals surface area contributed by atoms with Gasteiger partial charge in [-0.05, 0) is 18.2 Å². The van der Waals surface area contributed by atoms with Crippen molar-refractivity contribution in [1.29, 1.82) is 0 Å². The molecule has 2 aromatic heterocycles. The molecule has 0 bridgehead atoms. The number of methoxy groups -OCH3 is 1. The zero-order valence-electron chi connectivity index (χ0n) is 10.1. The molecule has 19 heavy (non-hydrogen) atoms. The molecule has 0 aliphatic rings. The number of anilines is 2. The van der Waals surface area contributed by atoms with Gasteiger partial charge in [-0.15, -0.1) is 11.3 Å². The number of ether oxygens (including phenoxy) is 1. The van der Waals surface area contributed by atoms with Crippen molar-refractivity contribution in [2.75, 3.05) is 18.2 Å². The van der Waals surface area contributed by atoms with Crippen LogP contribution in [0, 0.1) is 0 Å². The molecule has 2 aromatic rings. The minimum Gasteiger partial charge on any atom is -0.465 e. The summed E-state index contributed by atoms with van der Waals surface area (Å²) in [6, 6.07) is 5.26. The number of nitrogens with zero attached hydrogens (tertiary/aromatic N) is 1. The van der Waals surface area contributed by atoms with E-state index in [9.17, 15) is 4.79 Å². The number of hydrogen-bond donors (Lipinski definition) is 2. The lowest BCUT2D eigenvalue weighted by molar-refractivity contribution is 0.0602. The summed E-state index contributed by atoms with van der Waals surface area (Å²) in [5.74, 6) is -0.0328. The van der Waals surface area contributed by atoms with Crippen LogP contribution in [0.25, 0.3) is 0 Å². The Kier molecular flexibility index (Phi) is 4.24. The Morgan fingerprint density at radius 1 is 1.53 bits per heavy atom. The highest BCUT2D eigenvalue weighted by Gasteiger charge is 2.13. The van der Waals surface area contributed by atoms with Crippen molar-refractivity contribution < 1.29 is 9.53 Å². The average molecular weight is 298 g/mol. The third-order valence-electron chi connectivity index (χ3n) is 2.45. The molecule has 0 aliphatic carbocycles. The molecule has 3 N–H and O–H groups in total. The van der Waals surface area contributed by atoms with Crippen molar-refractivity contribution in [3.8, 4) is 0 Å². The summed E-state index contributed by atoms with van der Waals surface area (Å²) in [6.07, 6.45) is 1.51. The molecule has 0 spiro atoms. The predicted molar refractivity (Wildman–Crippen MR) is 76.6 cm³/mol. The Bertz CT molecular complexity index is 600. The van der Waals surface area contributed by atoms with Gasteiger partial charge >= 0.3 is 5.97 Å². The van der Waals surface area contributed by atoms with E-state index in [4.69, 9.17) is 17.3 Å². The SMILES string of the molecule is COC(=O)c1ccnc(NCc2ccc(Cl)s2)c1N. The number of esters is 1. The summed E-state index contributed by atoms with van der Waals surface area (Å²) in [6.45, 7) is 0.541. The van der Waals surface area contributed by atoms with E-state index in [0.29, 0.717) is 17.9 Å². The smallest absolute Gasteiger partial charge is 0.340 e. The number of carbonyl (C=O) groups excluding carboxylic acids is 1. The first-order valence-corrected chi connectivity index (χ1v) is 6.62. The number of pyridine rings is 1. The van der Waals surface area contributed by atoms with Gasteiger partial charge in [0, 0.05) is 11.1 Å². The fourth-order valence-corrected chi connectivity index (χ4v) is 2.55. The lowest BCUT2D eigenvalue weighted by Gasteiger charge is -2.09. The molecule has 0 amide bonds. The number of hydrogen-bond acceptors (Lipinski definition) is 6. The molecule has 2 heterocycles. The van der Waals surface area contributed by atoms with Gasteiger partial charge in [0.25, 0.3) is 0 Å². The molecule has 0 saturated heterocycles. The van der Waals surface area contributed by atoms with Gasteiger partial charge in [0.05, 0.1) is 29.2 Å². The number of halogens is 1. The topological polar surface area (TPSA) is 77.2 Å². The highest BCUT2D eigenvalue weighted by Crippen LogP contribution is 2.24. The van der Waals surface area contributed by atoms with Gasteiger partial charge in [0.2, 0.25) is 0 Å². The molecule has 0 unspecified atom stereocenters. The van der Waals surface area contributed by atoms with Crippen molar-refractivity contribution in [3.63, 3.8) is 0 Å². The molecule has 7 heteroatoms. The van der Waals surface area contributed by atoms with E-state index in [1.165, 1.54) is 30.7 Å². The maximum atomic E-state index is 11.5. The third-order valence-corrected chi connectivity index (χ3v) is 3.69. The standard InChI is InChI=1S/C12H12ClN3O2S/c1-18-12(17)8-4-5-15-11(10(8)14)16-6-7-2-3-9(13)19-7/h2-5H,6,14H2,1H3,(H,15,16). The number of nitrogen functional groups attached to an aromatic ring is 1. The van der Waals surface area contributed by atoms with Gasteiger partial charge < -0.3 is 15.8 Å². The van der Waals surface area contributed by atoms with Gasteiger partial charge in [-0.25, -0.2) is 9.78 Å². The molecule has 0 aliphatic heterocycles. The van der Waals surface area contributed by atoms with Crippen molar-refractivity contribution in [1.82, 2.24) is 4.98 Å². The van der Waals surface area contributed by atoms with Crippen molar-refractivity contribution in [2.45, 2.75) is 6.54 Å². The van der Waals surface area contributed by atoms with Crippen LogP contribution < -0.4 is 11.1 Å². The van der Waals surface area contributed by atoms with E-state index in [-0.39, 0.29) is 5.69 Å². The van der Waals surface area contributed by atoms with Gasteiger partial charge in [-0.3, -0.25) is 0 Å². The summed E-state index contributed by atoms with van der Waals surface area (Å²) in [5.41, 5.74) is 6.45. The van der Waals surface area contributed by atoms with Crippen LogP contribution in [0.5, 0.6) is 0 Å². The van der Waals surface area contributed by atoms with E-state index >= 15 is 0 Å². The van der Waals surface area contributed by atoms with Crippen LogP contribution >= 0.6 is 22.9 Å². The monoisotopic (exact) mass is 297 g/mol.